The molecule has 7 nitrogen and oxygen atoms in total. The van der Waals surface area contributed by atoms with Gasteiger partial charge in [0.1, 0.15) is 12.6 Å². The van der Waals surface area contributed by atoms with Gasteiger partial charge in [0.05, 0.1) is 20.6 Å². The lowest BCUT2D eigenvalue weighted by Crippen LogP contribution is -2.52. The maximum atomic E-state index is 13.9. The van der Waals surface area contributed by atoms with Gasteiger partial charge in [-0.15, -0.1) is 0 Å². The lowest BCUT2D eigenvalue weighted by molar-refractivity contribution is -0.140. The van der Waals surface area contributed by atoms with E-state index in [9.17, 15) is 18.0 Å². The van der Waals surface area contributed by atoms with Gasteiger partial charge < -0.3 is 10.2 Å². The van der Waals surface area contributed by atoms with Crippen LogP contribution in [0.2, 0.25) is 15.1 Å². The number of likely N-dealkylation sites (N-methyl/N-ethyl adjacent to an activating group) is 1. The predicted octanol–water partition coefficient (Wildman–Crippen LogP) is 6.09. The Hall–Kier alpha value is -2.78. The average molecular weight is 611 g/mol. The Morgan fingerprint density at radius 2 is 1.54 bits per heavy atom. The lowest BCUT2D eigenvalue weighted by atomic mass is 10.1. The molecule has 2 amide bonds. The van der Waals surface area contributed by atoms with Crippen LogP contribution in [0.25, 0.3) is 0 Å². The summed E-state index contributed by atoms with van der Waals surface area (Å²) >= 11 is 18.3. The molecule has 0 aliphatic carbocycles. The highest BCUT2D eigenvalue weighted by Crippen LogP contribution is 2.27. The van der Waals surface area contributed by atoms with E-state index in [0.29, 0.717) is 33.6 Å². The Balaban J connectivity index is 2.06. The topological polar surface area (TPSA) is 86.8 Å². The first-order valence-electron chi connectivity index (χ1n) is 12.3. The zero-order valence-corrected chi connectivity index (χ0v) is 24.9. The molecule has 3 aromatic rings. The van der Waals surface area contributed by atoms with Gasteiger partial charge in [-0.2, -0.15) is 0 Å². The fourth-order valence-electron chi connectivity index (χ4n) is 4.02. The number of sulfonamides is 1. The van der Waals surface area contributed by atoms with Crippen LogP contribution in [0.15, 0.2) is 71.6 Å². The van der Waals surface area contributed by atoms with Crippen LogP contribution in [0.4, 0.5) is 5.69 Å². The molecule has 0 fully saturated rings. The normalized spacial score (nSPS) is 12.1. The summed E-state index contributed by atoms with van der Waals surface area (Å²) in [4.78, 5) is 28.3. The summed E-state index contributed by atoms with van der Waals surface area (Å²) < 4.78 is 28.7. The quantitative estimate of drug-likeness (QED) is 0.285. The second-order valence-corrected chi connectivity index (χ2v) is 12.0. The summed E-state index contributed by atoms with van der Waals surface area (Å²) in [7, 11) is -4.16. The Morgan fingerprint density at radius 3 is 2.10 bits per heavy atom. The summed E-state index contributed by atoms with van der Waals surface area (Å²) in [6.45, 7) is 5.27. The highest BCUT2D eigenvalue weighted by Gasteiger charge is 2.33. The minimum atomic E-state index is -4.16. The van der Waals surface area contributed by atoms with Crippen molar-refractivity contribution in [2.45, 2.75) is 44.7 Å². The van der Waals surface area contributed by atoms with Crippen molar-refractivity contribution >= 4 is 62.3 Å². The average Bonchev–Trinajstić information content (AvgIpc) is 2.90. The van der Waals surface area contributed by atoms with Crippen molar-refractivity contribution in [2.24, 2.45) is 0 Å². The molecule has 39 heavy (non-hydrogen) atoms. The summed E-state index contributed by atoms with van der Waals surface area (Å²) in [5.41, 5.74) is 1.79. The van der Waals surface area contributed by atoms with E-state index >= 15 is 0 Å². The number of halogens is 3. The summed E-state index contributed by atoms with van der Waals surface area (Å²) in [6.07, 6.45) is 0.310. The molecular formula is C28H30Cl3N3O4S. The van der Waals surface area contributed by atoms with Crippen molar-refractivity contribution in [3.8, 4) is 0 Å². The molecule has 1 atom stereocenters. The number of anilines is 1. The van der Waals surface area contributed by atoms with Crippen molar-refractivity contribution in [3.05, 3.63) is 92.9 Å². The van der Waals surface area contributed by atoms with Crippen LogP contribution in [-0.2, 0) is 26.2 Å². The third kappa shape index (κ3) is 7.66. The number of nitrogens with one attached hydrogen (secondary N) is 1. The van der Waals surface area contributed by atoms with E-state index in [1.54, 1.807) is 56.3 Å². The lowest BCUT2D eigenvalue weighted by Gasteiger charge is -2.33. The molecule has 0 radical (unpaired) electrons. The van der Waals surface area contributed by atoms with Gasteiger partial charge in [-0.1, -0.05) is 65.5 Å². The highest BCUT2D eigenvalue weighted by molar-refractivity contribution is 7.92. The Kier molecular flexibility index (Phi) is 10.7. The molecule has 0 saturated heterocycles. The van der Waals surface area contributed by atoms with E-state index in [4.69, 9.17) is 34.8 Å². The number of hydrogen-bond acceptors (Lipinski definition) is 4. The molecule has 0 bridgehead atoms. The number of nitrogens with zero attached hydrogens (tertiary/aromatic N) is 2. The Labute approximate surface area is 244 Å². The Morgan fingerprint density at radius 1 is 0.897 bits per heavy atom. The first-order valence-corrected chi connectivity index (χ1v) is 14.9. The van der Waals surface area contributed by atoms with Crippen LogP contribution in [0.3, 0.4) is 0 Å². The number of carbonyl (C=O) groups excluding carboxylic acids is 2. The molecule has 1 N–H and O–H groups in total. The maximum Gasteiger partial charge on any atom is 0.264 e. The molecule has 0 saturated carbocycles. The smallest absolute Gasteiger partial charge is 0.264 e. The highest BCUT2D eigenvalue weighted by atomic mass is 35.5. The number of rotatable bonds is 11. The van der Waals surface area contributed by atoms with Crippen LogP contribution in [0.5, 0.6) is 0 Å². The Bertz CT molecular complexity index is 1410. The predicted molar refractivity (Wildman–Crippen MR) is 157 cm³/mol. The molecule has 0 aromatic heterocycles. The van der Waals surface area contributed by atoms with Gasteiger partial charge in [0.15, 0.2) is 0 Å². The minimum absolute atomic E-state index is 0.0183. The molecule has 0 aliphatic rings. The van der Waals surface area contributed by atoms with Crippen LogP contribution < -0.4 is 9.62 Å². The first-order chi connectivity index (χ1) is 18.5. The van der Waals surface area contributed by atoms with Gasteiger partial charge >= 0.3 is 0 Å². The van der Waals surface area contributed by atoms with Crippen molar-refractivity contribution < 1.29 is 18.0 Å². The number of aryl methyl sites for hydroxylation is 1. The van der Waals surface area contributed by atoms with Gasteiger partial charge in [-0.05, 0) is 74.4 Å². The second-order valence-electron chi connectivity index (χ2n) is 8.89. The van der Waals surface area contributed by atoms with Gasteiger partial charge in [-0.3, -0.25) is 13.9 Å². The number of benzene rings is 3. The summed E-state index contributed by atoms with van der Waals surface area (Å²) in [5.74, 6) is -0.905. The fraction of sp³-hybridized carbons (Fsp3) is 0.286. The zero-order chi connectivity index (χ0) is 28.7. The maximum absolute atomic E-state index is 13.9. The van der Waals surface area contributed by atoms with Crippen LogP contribution >= 0.6 is 34.8 Å². The van der Waals surface area contributed by atoms with E-state index in [1.807, 2.05) is 6.92 Å². The summed E-state index contributed by atoms with van der Waals surface area (Å²) in [6, 6.07) is 16.6. The van der Waals surface area contributed by atoms with E-state index in [-0.39, 0.29) is 23.0 Å². The van der Waals surface area contributed by atoms with Crippen molar-refractivity contribution in [3.63, 3.8) is 0 Å². The van der Waals surface area contributed by atoms with Gasteiger partial charge in [0.25, 0.3) is 10.0 Å². The first kappa shape index (κ1) is 30.8. The van der Waals surface area contributed by atoms with Gasteiger partial charge in [0.2, 0.25) is 11.8 Å². The van der Waals surface area contributed by atoms with Crippen LogP contribution in [-0.4, -0.2) is 44.3 Å². The molecule has 1 unspecified atom stereocenters. The zero-order valence-electron chi connectivity index (χ0n) is 21.8. The molecule has 11 heteroatoms. The molecule has 0 aliphatic heterocycles. The minimum Gasteiger partial charge on any atom is -0.355 e. The molecule has 3 rings (SSSR count). The molecular weight excluding hydrogens is 581 g/mol. The monoisotopic (exact) mass is 609 g/mol. The van der Waals surface area contributed by atoms with E-state index in [0.717, 1.165) is 9.87 Å². The van der Waals surface area contributed by atoms with E-state index in [1.165, 1.54) is 29.2 Å². The third-order valence-electron chi connectivity index (χ3n) is 6.08. The number of carbonyl (C=O) groups is 2. The summed E-state index contributed by atoms with van der Waals surface area (Å²) in [5, 5.41) is 3.84. The van der Waals surface area contributed by atoms with E-state index in [2.05, 4.69) is 5.32 Å². The molecule has 0 heterocycles. The second kappa shape index (κ2) is 13.5. The largest absolute Gasteiger partial charge is 0.355 e. The van der Waals surface area contributed by atoms with Crippen molar-refractivity contribution in [2.75, 3.05) is 17.4 Å². The van der Waals surface area contributed by atoms with E-state index < -0.39 is 28.5 Å². The standard InChI is InChI=1S/C28H30Cl3N3O4S/c1-4-26(28(36)32-5-2)33(17-20-8-15-24(30)25(31)16-20)27(35)18-34(22-11-9-21(29)10-12-22)39(37,38)23-13-6-19(3)7-14-23/h6-16,26H,4-5,17-18H2,1-3H3,(H,32,36). The van der Waals surface area contributed by atoms with Crippen molar-refractivity contribution in [1.82, 2.24) is 10.2 Å². The van der Waals surface area contributed by atoms with Crippen LogP contribution in [0, 0.1) is 6.92 Å². The molecule has 3 aromatic carbocycles. The molecule has 208 valence electrons. The molecule has 0 spiro atoms. The fourth-order valence-corrected chi connectivity index (χ4v) is 5.88. The van der Waals surface area contributed by atoms with Gasteiger partial charge in [-0.25, -0.2) is 8.42 Å². The number of hydrogen-bond donors (Lipinski definition) is 1. The number of amides is 2. The van der Waals surface area contributed by atoms with Gasteiger partial charge in [0, 0.05) is 18.1 Å². The van der Waals surface area contributed by atoms with Crippen LogP contribution in [0.1, 0.15) is 31.4 Å². The third-order valence-corrected chi connectivity index (χ3v) is 8.86. The SMILES string of the molecule is CCNC(=O)C(CC)N(Cc1ccc(Cl)c(Cl)c1)C(=O)CN(c1ccc(Cl)cc1)S(=O)(=O)c1ccc(C)cc1. The van der Waals surface area contributed by atoms with Crippen molar-refractivity contribution in [1.29, 1.82) is 0 Å².